The van der Waals surface area contributed by atoms with E-state index >= 15 is 0 Å². The average Bonchev–Trinajstić information content (AvgIpc) is 2.36. The molecule has 1 aromatic carbocycles. The van der Waals surface area contributed by atoms with Gasteiger partial charge < -0.3 is 10.5 Å². The van der Waals surface area contributed by atoms with Gasteiger partial charge in [0.05, 0.1) is 12.0 Å². The topological polar surface area (TPSA) is 72.6 Å². The molecule has 102 valence electrons. The Bertz CT molecular complexity index is 514. The predicted octanol–water partition coefficient (Wildman–Crippen LogP) is 0.971. The van der Waals surface area contributed by atoms with Crippen LogP contribution in [0.4, 0.5) is 0 Å². The van der Waals surface area contributed by atoms with Crippen LogP contribution in [-0.2, 0) is 10.0 Å². The maximum atomic E-state index is 12.3. The molecule has 1 aromatic rings. The Morgan fingerprint density at radius 1 is 1.44 bits per heavy atom. The minimum Gasteiger partial charge on any atom is -0.496 e. The first kappa shape index (κ1) is 14.9. The fourth-order valence-electron chi connectivity index (χ4n) is 1.56. The van der Waals surface area contributed by atoms with Crippen molar-refractivity contribution in [3.8, 4) is 5.75 Å². The minimum absolute atomic E-state index is 0.239. The van der Waals surface area contributed by atoms with Gasteiger partial charge in [0.25, 0.3) is 0 Å². The third-order valence-electron chi connectivity index (χ3n) is 3.01. The Kier molecular flexibility index (Phi) is 4.72. The van der Waals surface area contributed by atoms with Crippen molar-refractivity contribution in [1.29, 1.82) is 0 Å². The van der Waals surface area contributed by atoms with Gasteiger partial charge in [-0.2, -0.15) is 4.31 Å². The summed E-state index contributed by atoms with van der Waals surface area (Å²) in [5, 5.41) is 0. The van der Waals surface area contributed by atoms with Crippen molar-refractivity contribution in [2.75, 3.05) is 20.7 Å². The third-order valence-corrected chi connectivity index (χ3v) is 4.97. The molecule has 18 heavy (non-hydrogen) atoms. The van der Waals surface area contributed by atoms with E-state index in [0.29, 0.717) is 5.75 Å². The molecule has 0 aromatic heterocycles. The average molecular weight is 272 g/mol. The van der Waals surface area contributed by atoms with Gasteiger partial charge in [-0.3, -0.25) is 0 Å². The Balaban J connectivity index is 3.17. The summed E-state index contributed by atoms with van der Waals surface area (Å²) < 4.78 is 31.0. The first-order valence-electron chi connectivity index (χ1n) is 5.67. The minimum atomic E-state index is -3.50. The largest absolute Gasteiger partial charge is 0.496 e. The highest BCUT2D eigenvalue weighted by Crippen LogP contribution is 2.23. The molecule has 0 radical (unpaired) electrons. The van der Waals surface area contributed by atoms with E-state index in [1.165, 1.54) is 11.4 Å². The summed E-state index contributed by atoms with van der Waals surface area (Å²) in [6.07, 6.45) is 0. The maximum Gasteiger partial charge on any atom is 0.243 e. The summed E-state index contributed by atoms with van der Waals surface area (Å²) in [5.74, 6) is 0.670. The number of rotatable bonds is 5. The quantitative estimate of drug-likeness (QED) is 0.867. The molecule has 6 heteroatoms. The Morgan fingerprint density at radius 2 is 2.06 bits per heavy atom. The van der Waals surface area contributed by atoms with Crippen LogP contribution in [0.15, 0.2) is 23.1 Å². The zero-order valence-electron chi connectivity index (χ0n) is 11.2. The number of nitrogens with two attached hydrogens (primary N) is 1. The molecular weight excluding hydrogens is 252 g/mol. The highest BCUT2D eigenvalue weighted by molar-refractivity contribution is 7.89. The van der Waals surface area contributed by atoms with Crippen LogP contribution in [-0.4, -0.2) is 39.5 Å². The summed E-state index contributed by atoms with van der Waals surface area (Å²) in [5.41, 5.74) is 6.28. The van der Waals surface area contributed by atoms with E-state index in [0.717, 1.165) is 5.56 Å². The maximum absolute atomic E-state index is 12.3. The van der Waals surface area contributed by atoms with Crippen molar-refractivity contribution < 1.29 is 13.2 Å². The first-order chi connectivity index (χ1) is 8.34. The summed E-state index contributed by atoms with van der Waals surface area (Å²) in [4.78, 5) is 0.253. The lowest BCUT2D eigenvalue weighted by Crippen LogP contribution is -2.39. The second-order valence-corrected chi connectivity index (χ2v) is 6.23. The number of likely N-dealkylation sites (N-methyl/N-ethyl adjacent to an activating group) is 1. The van der Waals surface area contributed by atoms with Gasteiger partial charge in [0.15, 0.2) is 0 Å². The highest BCUT2D eigenvalue weighted by atomic mass is 32.2. The van der Waals surface area contributed by atoms with Crippen molar-refractivity contribution in [1.82, 2.24) is 4.31 Å². The van der Waals surface area contributed by atoms with Gasteiger partial charge >= 0.3 is 0 Å². The number of sulfonamides is 1. The molecule has 1 unspecified atom stereocenters. The Morgan fingerprint density at radius 3 is 2.50 bits per heavy atom. The van der Waals surface area contributed by atoms with Gasteiger partial charge in [0.2, 0.25) is 10.0 Å². The smallest absolute Gasteiger partial charge is 0.243 e. The number of nitrogens with zero attached hydrogens (tertiary/aromatic N) is 1. The van der Waals surface area contributed by atoms with Crippen molar-refractivity contribution in [2.24, 2.45) is 5.73 Å². The molecule has 0 spiro atoms. The molecule has 0 bridgehead atoms. The summed E-state index contributed by atoms with van der Waals surface area (Å²) in [6.45, 7) is 3.86. The standard InChI is InChI=1S/C12H20N2O3S/c1-9-7-11(5-6-12(9)17-4)18(15,16)14(3)10(2)8-13/h5-7,10H,8,13H2,1-4H3. The van der Waals surface area contributed by atoms with Crippen LogP contribution in [0.25, 0.3) is 0 Å². The zero-order chi connectivity index (χ0) is 13.9. The number of hydrogen-bond donors (Lipinski definition) is 1. The van der Waals surface area contributed by atoms with Gasteiger partial charge in [-0.1, -0.05) is 0 Å². The second kappa shape index (κ2) is 5.69. The molecule has 0 aliphatic heterocycles. The molecule has 1 atom stereocenters. The number of ether oxygens (including phenoxy) is 1. The van der Waals surface area contributed by atoms with E-state index in [1.54, 1.807) is 32.2 Å². The van der Waals surface area contributed by atoms with Crippen LogP contribution < -0.4 is 10.5 Å². The molecule has 0 aliphatic rings. The monoisotopic (exact) mass is 272 g/mol. The van der Waals surface area contributed by atoms with Gasteiger partial charge in [-0.25, -0.2) is 8.42 Å². The van der Waals surface area contributed by atoms with E-state index in [4.69, 9.17) is 10.5 Å². The molecule has 0 fully saturated rings. The van der Waals surface area contributed by atoms with Crippen molar-refractivity contribution in [2.45, 2.75) is 24.8 Å². The molecular formula is C12H20N2O3S. The van der Waals surface area contributed by atoms with Crippen LogP contribution in [0.2, 0.25) is 0 Å². The normalized spacial score (nSPS) is 13.7. The second-order valence-electron chi connectivity index (χ2n) is 4.24. The molecule has 1 rings (SSSR count). The Labute approximate surface area is 109 Å². The van der Waals surface area contributed by atoms with E-state index in [1.807, 2.05) is 6.92 Å². The lowest BCUT2D eigenvalue weighted by Gasteiger charge is -2.23. The number of methoxy groups -OCH3 is 1. The molecule has 0 aliphatic carbocycles. The number of hydrogen-bond acceptors (Lipinski definition) is 4. The lowest BCUT2D eigenvalue weighted by molar-refractivity contribution is 0.394. The fourth-order valence-corrected chi connectivity index (χ4v) is 3.02. The summed E-state index contributed by atoms with van der Waals surface area (Å²) >= 11 is 0. The molecule has 0 heterocycles. The third kappa shape index (κ3) is 2.82. The van der Waals surface area contributed by atoms with Gasteiger partial charge in [-0.05, 0) is 37.6 Å². The first-order valence-corrected chi connectivity index (χ1v) is 7.11. The van der Waals surface area contributed by atoms with Crippen molar-refractivity contribution in [3.05, 3.63) is 23.8 Å². The Hall–Kier alpha value is -1.11. The van der Waals surface area contributed by atoms with Crippen molar-refractivity contribution in [3.63, 3.8) is 0 Å². The van der Waals surface area contributed by atoms with E-state index < -0.39 is 10.0 Å². The molecule has 0 amide bonds. The van der Waals surface area contributed by atoms with Gasteiger partial charge in [0.1, 0.15) is 5.75 Å². The van der Waals surface area contributed by atoms with Crippen molar-refractivity contribution >= 4 is 10.0 Å². The van der Waals surface area contributed by atoms with E-state index in [-0.39, 0.29) is 17.5 Å². The fraction of sp³-hybridized carbons (Fsp3) is 0.500. The predicted molar refractivity (Wildman–Crippen MR) is 71.2 cm³/mol. The van der Waals surface area contributed by atoms with E-state index in [2.05, 4.69) is 0 Å². The number of benzene rings is 1. The molecule has 0 saturated carbocycles. The van der Waals surface area contributed by atoms with Gasteiger partial charge in [0, 0.05) is 19.6 Å². The molecule has 5 nitrogen and oxygen atoms in total. The van der Waals surface area contributed by atoms with Crippen LogP contribution in [0.1, 0.15) is 12.5 Å². The lowest BCUT2D eigenvalue weighted by atomic mass is 10.2. The zero-order valence-corrected chi connectivity index (χ0v) is 12.0. The summed E-state index contributed by atoms with van der Waals surface area (Å²) in [6, 6.07) is 4.57. The van der Waals surface area contributed by atoms with Crippen LogP contribution >= 0.6 is 0 Å². The SMILES string of the molecule is COc1ccc(S(=O)(=O)N(C)C(C)CN)cc1C. The highest BCUT2D eigenvalue weighted by Gasteiger charge is 2.24. The van der Waals surface area contributed by atoms with Crippen LogP contribution in [0, 0.1) is 6.92 Å². The van der Waals surface area contributed by atoms with Crippen LogP contribution in [0.5, 0.6) is 5.75 Å². The van der Waals surface area contributed by atoms with E-state index in [9.17, 15) is 8.42 Å². The molecule has 0 saturated heterocycles. The number of aryl methyl sites for hydroxylation is 1. The van der Waals surface area contributed by atoms with Gasteiger partial charge in [-0.15, -0.1) is 0 Å². The molecule has 2 N–H and O–H groups in total. The summed E-state index contributed by atoms with van der Waals surface area (Å²) in [7, 11) is -0.411. The van der Waals surface area contributed by atoms with Crippen LogP contribution in [0.3, 0.4) is 0 Å².